The van der Waals surface area contributed by atoms with Gasteiger partial charge in [-0.25, -0.2) is 0 Å². The third kappa shape index (κ3) is 3.21. The molecule has 0 aromatic heterocycles. The van der Waals surface area contributed by atoms with Crippen LogP contribution in [0.25, 0.3) is 0 Å². The van der Waals surface area contributed by atoms with E-state index in [1.54, 1.807) is 0 Å². The molecule has 0 bridgehead atoms. The van der Waals surface area contributed by atoms with Crippen molar-refractivity contribution in [1.29, 1.82) is 0 Å². The Kier molecular flexibility index (Phi) is 3.73. The lowest BCUT2D eigenvalue weighted by Crippen LogP contribution is -2.16. The fourth-order valence-corrected chi connectivity index (χ4v) is 1.79. The van der Waals surface area contributed by atoms with Crippen molar-refractivity contribution in [2.45, 2.75) is 13.1 Å². The SMILES string of the molecule is CN(Cc1cc[c]cc1)Cc1ccccc1. The summed E-state index contributed by atoms with van der Waals surface area (Å²) in [6.45, 7) is 1.96. The summed E-state index contributed by atoms with van der Waals surface area (Å²) in [7, 11) is 2.14. The maximum absolute atomic E-state index is 3.04. The van der Waals surface area contributed by atoms with Crippen LogP contribution in [0.1, 0.15) is 11.1 Å². The van der Waals surface area contributed by atoms with Gasteiger partial charge in [0.15, 0.2) is 0 Å². The first-order valence-electron chi connectivity index (χ1n) is 5.52. The predicted octanol–water partition coefficient (Wildman–Crippen LogP) is 3.12. The van der Waals surface area contributed by atoms with Crippen molar-refractivity contribution in [3.8, 4) is 0 Å². The molecule has 1 nitrogen and oxygen atoms in total. The molecule has 2 rings (SSSR count). The molecule has 0 aliphatic rings. The van der Waals surface area contributed by atoms with Gasteiger partial charge in [0.1, 0.15) is 0 Å². The fourth-order valence-electron chi connectivity index (χ4n) is 1.79. The van der Waals surface area contributed by atoms with Gasteiger partial charge in [0.25, 0.3) is 0 Å². The average Bonchev–Trinajstić information content (AvgIpc) is 2.31. The minimum atomic E-state index is 0.976. The van der Waals surface area contributed by atoms with Crippen molar-refractivity contribution < 1.29 is 0 Å². The van der Waals surface area contributed by atoms with E-state index in [1.165, 1.54) is 11.1 Å². The summed E-state index contributed by atoms with van der Waals surface area (Å²) in [5, 5.41) is 0. The molecule has 0 N–H and O–H groups in total. The zero-order chi connectivity index (χ0) is 11.2. The molecule has 0 atom stereocenters. The lowest BCUT2D eigenvalue weighted by Gasteiger charge is -2.16. The minimum absolute atomic E-state index is 0.976. The maximum atomic E-state index is 3.04. The summed E-state index contributed by atoms with van der Waals surface area (Å²) in [5.74, 6) is 0. The summed E-state index contributed by atoms with van der Waals surface area (Å²) in [4.78, 5) is 2.31. The third-order valence-corrected chi connectivity index (χ3v) is 2.54. The number of rotatable bonds is 4. The van der Waals surface area contributed by atoms with Gasteiger partial charge in [-0.15, -0.1) is 0 Å². The molecule has 0 amide bonds. The lowest BCUT2D eigenvalue weighted by molar-refractivity contribution is 0.319. The van der Waals surface area contributed by atoms with E-state index < -0.39 is 0 Å². The van der Waals surface area contributed by atoms with Crippen LogP contribution < -0.4 is 0 Å². The topological polar surface area (TPSA) is 3.24 Å². The fraction of sp³-hybridized carbons (Fsp3) is 0.200. The molecule has 2 aromatic carbocycles. The number of hydrogen-bond donors (Lipinski definition) is 0. The maximum Gasteiger partial charge on any atom is 0.0234 e. The Bertz CT molecular complexity index is 366. The molecule has 0 fully saturated rings. The highest BCUT2D eigenvalue weighted by atomic mass is 15.1. The van der Waals surface area contributed by atoms with E-state index >= 15 is 0 Å². The zero-order valence-corrected chi connectivity index (χ0v) is 9.56. The van der Waals surface area contributed by atoms with Gasteiger partial charge >= 0.3 is 0 Å². The molecule has 0 aliphatic heterocycles. The molecule has 0 spiro atoms. The first-order chi connectivity index (χ1) is 7.84. The Morgan fingerprint density at radius 3 is 2.06 bits per heavy atom. The van der Waals surface area contributed by atoms with Crippen molar-refractivity contribution in [1.82, 2.24) is 4.90 Å². The Labute approximate surface area is 97.3 Å². The van der Waals surface area contributed by atoms with Crippen molar-refractivity contribution in [3.63, 3.8) is 0 Å². The van der Waals surface area contributed by atoms with E-state index in [9.17, 15) is 0 Å². The van der Waals surface area contributed by atoms with Crippen LogP contribution in [0.2, 0.25) is 0 Å². The summed E-state index contributed by atoms with van der Waals surface area (Å²) in [5.41, 5.74) is 2.68. The highest BCUT2D eigenvalue weighted by molar-refractivity contribution is 5.16. The molecule has 0 saturated heterocycles. The summed E-state index contributed by atoms with van der Waals surface area (Å²) >= 11 is 0. The van der Waals surface area contributed by atoms with E-state index in [-0.39, 0.29) is 0 Å². The Morgan fingerprint density at radius 2 is 1.44 bits per heavy atom. The van der Waals surface area contributed by atoms with Gasteiger partial charge in [0.2, 0.25) is 0 Å². The van der Waals surface area contributed by atoms with Crippen molar-refractivity contribution >= 4 is 0 Å². The second-order valence-corrected chi connectivity index (χ2v) is 4.07. The molecule has 0 unspecified atom stereocenters. The molecule has 0 aliphatic carbocycles. The van der Waals surface area contributed by atoms with E-state index in [4.69, 9.17) is 0 Å². The summed E-state index contributed by atoms with van der Waals surface area (Å²) in [6, 6.07) is 21.7. The van der Waals surface area contributed by atoms with E-state index in [0.717, 1.165) is 13.1 Å². The van der Waals surface area contributed by atoms with Gasteiger partial charge in [-0.05, 0) is 24.2 Å². The van der Waals surface area contributed by atoms with Crippen LogP contribution in [0, 0.1) is 6.07 Å². The van der Waals surface area contributed by atoms with Crippen LogP contribution in [-0.2, 0) is 13.1 Å². The van der Waals surface area contributed by atoms with Gasteiger partial charge in [-0.1, -0.05) is 54.6 Å². The molecular weight excluding hydrogens is 194 g/mol. The second kappa shape index (κ2) is 5.47. The minimum Gasteiger partial charge on any atom is -0.298 e. The lowest BCUT2D eigenvalue weighted by atomic mass is 10.2. The first kappa shape index (κ1) is 10.9. The van der Waals surface area contributed by atoms with E-state index in [1.807, 2.05) is 12.1 Å². The van der Waals surface area contributed by atoms with Gasteiger partial charge in [0.05, 0.1) is 0 Å². The van der Waals surface area contributed by atoms with Crippen molar-refractivity contribution in [2.75, 3.05) is 7.05 Å². The van der Waals surface area contributed by atoms with Crippen LogP contribution in [0.4, 0.5) is 0 Å². The molecule has 0 heterocycles. The zero-order valence-electron chi connectivity index (χ0n) is 9.56. The summed E-state index contributed by atoms with van der Waals surface area (Å²) in [6.07, 6.45) is 0. The van der Waals surface area contributed by atoms with Gasteiger partial charge < -0.3 is 0 Å². The molecule has 81 valence electrons. The largest absolute Gasteiger partial charge is 0.298 e. The van der Waals surface area contributed by atoms with Gasteiger partial charge in [-0.3, -0.25) is 4.90 Å². The molecule has 2 aromatic rings. The highest BCUT2D eigenvalue weighted by Crippen LogP contribution is 2.07. The normalized spacial score (nSPS) is 10.6. The number of hydrogen-bond acceptors (Lipinski definition) is 1. The Hall–Kier alpha value is -1.60. The smallest absolute Gasteiger partial charge is 0.0234 e. The van der Waals surface area contributed by atoms with Crippen LogP contribution in [-0.4, -0.2) is 11.9 Å². The quantitative estimate of drug-likeness (QED) is 0.749. The first-order valence-corrected chi connectivity index (χ1v) is 5.52. The number of benzene rings is 2. The monoisotopic (exact) mass is 210 g/mol. The second-order valence-electron chi connectivity index (χ2n) is 4.07. The molecular formula is C15H16N. The standard InChI is InChI=1S/C15H16N/c1-16(12-14-8-4-2-5-9-14)13-15-10-6-3-7-11-15/h2,4-11H,12-13H2,1H3. The van der Waals surface area contributed by atoms with Crippen molar-refractivity contribution in [2.24, 2.45) is 0 Å². The van der Waals surface area contributed by atoms with Crippen molar-refractivity contribution in [3.05, 3.63) is 71.8 Å². The van der Waals surface area contributed by atoms with Gasteiger partial charge in [0, 0.05) is 13.1 Å². The highest BCUT2D eigenvalue weighted by Gasteiger charge is 2.00. The van der Waals surface area contributed by atoms with Crippen LogP contribution in [0.15, 0.2) is 54.6 Å². The summed E-state index contributed by atoms with van der Waals surface area (Å²) < 4.78 is 0. The molecule has 16 heavy (non-hydrogen) atoms. The van der Waals surface area contributed by atoms with E-state index in [2.05, 4.69) is 60.5 Å². The van der Waals surface area contributed by atoms with Crippen LogP contribution in [0.3, 0.4) is 0 Å². The predicted molar refractivity (Wildman–Crippen MR) is 66.9 cm³/mol. The van der Waals surface area contributed by atoms with E-state index in [0.29, 0.717) is 0 Å². The Balaban J connectivity index is 1.92. The Morgan fingerprint density at radius 1 is 0.875 bits per heavy atom. The number of nitrogens with zero attached hydrogens (tertiary/aromatic N) is 1. The molecule has 1 heteroatoms. The molecule has 1 radical (unpaired) electrons. The van der Waals surface area contributed by atoms with Crippen LogP contribution in [0.5, 0.6) is 0 Å². The van der Waals surface area contributed by atoms with Gasteiger partial charge in [-0.2, -0.15) is 0 Å². The average molecular weight is 210 g/mol. The third-order valence-electron chi connectivity index (χ3n) is 2.54. The van der Waals surface area contributed by atoms with Crippen LogP contribution >= 0.6 is 0 Å². The molecule has 0 saturated carbocycles.